The van der Waals surface area contributed by atoms with Gasteiger partial charge in [-0.3, -0.25) is 9.59 Å². The van der Waals surface area contributed by atoms with E-state index in [9.17, 15) is 9.59 Å². The zero-order valence-corrected chi connectivity index (χ0v) is 13.1. The summed E-state index contributed by atoms with van der Waals surface area (Å²) < 4.78 is 0. The van der Waals surface area contributed by atoms with Crippen molar-refractivity contribution in [2.75, 3.05) is 19.6 Å². The van der Waals surface area contributed by atoms with E-state index < -0.39 is 0 Å². The fraction of sp³-hybridized carbons (Fsp3) is 0.529. The number of ketones is 1. The second-order valence-corrected chi connectivity index (χ2v) is 4.95. The summed E-state index contributed by atoms with van der Waals surface area (Å²) in [6.45, 7) is 13.7. The van der Waals surface area contributed by atoms with Gasteiger partial charge in [0.1, 0.15) is 0 Å². The molecule has 0 spiro atoms. The molecule has 0 saturated carbocycles. The monoisotopic (exact) mass is 292 g/mol. The van der Waals surface area contributed by atoms with Gasteiger partial charge in [-0.05, 0) is 26.2 Å². The van der Waals surface area contributed by atoms with Crippen molar-refractivity contribution in [3.8, 4) is 0 Å². The number of hydrogen-bond acceptors (Lipinski definition) is 3. The number of unbranched alkanes of at least 4 members (excludes halogenated alkanes) is 2. The molecule has 0 saturated heterocycles. The average molecular weight is 292 g/mol. The molecule has 0 fully saturated rings. The minimum absolute atomic E-state index is 0.0209. The van der Waals surface area contributed by atoms with Crippen LogP contribution in [0.1, 0.15) is 32.6 Å². The molecule has 0 aliphatic rings. The number of amides is 1. The molecule has 1 atom stereocenters. The Morgan fingerprint density at radius 3 is 2.38 bits per heavy atom. The number of rotatable bonds is 13. The number of nitrogens with zero attached hydrogens (tertiary/aromatic N) is 1. The van der Waals surface area contributed by atoms with Crippen molar-refractivity contribution in [2.45, 2.75) is 38.6 Å². The molecule has 0 bridgehead atoms. The maximum Gasteiger partial charge on any atom is 0.237 e. The van der Waals surface area contributed by atoms with Gasteiger partial charge in [0.05, 0.1) is 12.6 Å². The Kier molecular flexibility index (Phi) is 11.1. The fourth-order valence-electron chi connectivity index (χ4n) is 2.13. The van der Waals surface area contributed by atoms with E-state index in [1.807, 2.05) is 6.08 Å². The molecule has 0 aromatic heterocycles. The number of Topliss-reactive ketones (excluding diaryl/α,β-unsaturated/α-hetero) is 1. The summed E-state index contributed by atoms with van der Waals surface area (Å²) in [5, 5.41) is 2.98. The van der Waals surface area contributed by atoms with E-state index in [4.69, 9.17) is 0 Å². The van der Waals surface area contributed by atoms with Crippen LogP contribution in [0.15, 0.2) is 38.0 Å². The number of carbonyl (C=O) groups is 2. The molecule has 0 aromatic rings. The van der Waals surface area contributed by atoms with Gasteiger partial charge in [0.2, 0.25) is 5.91 Å². The Labute approximate surface area is 128 Å². The van der Waals surface area contributed by atoms with Gasteiger partial charge in [0.15, 0.2) is 5.78 Å². The van der Waals surface area contributed by atoms with E-state index in [1.54, 1.807) is 24.0 Å². The highest BCUT2D eigenvalue weighted by atomic mass is 16.2. The molecule has 0 radical (unpaired) electrons. The maximum absolute atomic E-state index is 12.3. The van der Waals surface area contributed by atoms with Gasteiger partial charge < -0.3 is 10.2 Å². The quantitative estimate of drug-likeness (QED) is 0.419. The van der Waals surface area contributed by atoms with E-state index in [1.165, 1.54) is 0 Å². The number of carbonyl (C=O) groups excluding carboxylic acids is 2. The van der Waals surface area contributed by atoms with Crippen molar-refractivity contribution >= 4 is 11.7 Å². The van der Waals surface area contributed by atoms with Crippen LogP contribution in [0.5, 0.6) is 0 Å². The van der Waals surface area contributed by atoms with E-state index in [0.29, 0.717) is 19.5 Å². The highest BCUT2D eigenvalue weighted by Gasteiger charge is 2.25. The third-order valence-electron chi connectivity index (χ3n) is 3.19. The van der Waals surface area contributed by atoms with Gasteiger partial charge in [0.25, 0.3) is 0 Å². The molecule has 21 heavy (non-hydrogen) atoms. The van der Waals surface area contributed by atoms with Gasteiger partial charge in [-0.2, -0.15) is 0 Å². The zero-order chi connectivity index (χ0) is 16.1. The second kappa shape index (κ2) is 12.1. The molecule has 4 nitrogen and oxygen atoms in total. The predicted molar refractivity (Wildman–Crippen MR) is 88.1 cm³/mol. The van der Waals surface area contributed by atoms with Crippen LogP contribution in [-0.4, -0.2) is 42.3 Å². The molecule has 4 heteroatoms. The Hall–Kier alpha value is -1.68. The van der Waals surface area contributed by atoms with E-state index in [2.05, 4.69) is 25.1 Å². The van der Waals surface area contributed by atoms with Crippen molar-refractivity contribution in [3.63, 3.8) is 0 Å². The molecule has 1 unspecified atom stereocenters. The second-order valence-electron chi connectivity index (χ2n) is 4.95. The Morgan fingerprint density at radius 2 is 1.86 bits per heavy atom. The molecule has 0 rings (SSSR count). The summed E-state index contributed by atoms with van der Waals surface area (Å²) in [6, 6.07) is -0.370. The van der Waals surface area contributed by atoms with Crippen molar-refractivity contribution in [1.82, 2.24) is 10.2 Å². The van der Waals surface area contributed by atoms with Gasteiger partial charge >= 0.3 is 0 Å². The molecule has 0 aliphatic carbocycles. The standard InChI is InChI=1S/C17H28N2O2/c1-5-8-9-10-11-16(15(4)20)19(13-7-3)17(21)14-18-12-6-2/h5-7,16,18H,1-3,8-14H2,4H3. The van der Waals surface area contributed by atoms with Gasteiger partial charge in [0, 0.05) is 13.1 Å². The van der Waals surface area contributed by atoms with E-state index >= 15 is 0 Å². The molecular weight excluding hydrogens is 264 g/mol. The normalized spacial score (nSPS) is 11.5. The lowest BCUT2D eigenvalue weighted by atomic mass is 10.0. The third-order valence-corrected chi connectivity index (χ3v) is 3.19. The van der Waals surface area contributed by atoms with Crippen LogP contribution in [0.4, 0.5) is 0 Å². The number of allylic oxidation sites excluding steroid dienone is 1. The smallest absolute Gasteiger partial charge is 0.237 e. The maximum atomic E-state index is 12.3. The van der Waals surface area contributed by atoms with E-state index in [-0.39, 0.29) is 24.3 Å². The lowest BCUT2D eigenvalue weighted by Crippen LogP contribution is -2.47. The van der Waals surface area contributed by atoms with Crippen molar-refractivity contribution in [1.29, 1.82) is 0 Å². The summed E-state index contributed by atoms with van der Waals surface area (Å²) in [7, 11) is 0. The Balaban J connectivity index is 4.67. The zero-order valence-electron chi connectivity index (χ0n) is 13.1. The van der Waals surface area contributed by atoms with Gasteiger partial charge in [-0.1, -0.05) is 24.6 Å². The molecule has 0 aliphatic heterocycles. The summed E-state index contributed by atoms with van der Waals surface area (Å²) >= 11 is 0. The van der Waals surface area contributed by atoms with Crippen LogP contribution in [0.3, 0.4) is 0 Å². The number of hydrogen-bond donors (Lipinski definition) is 1. The first-order chi connectivity index (χ1) is 10.1. The van der Waals surface area contributed by atoms with Crippen LogP contribution in [0.2, 0.25) is 0 Å². The first kappa shape index (κ1) is 19.3. The van der Waals surface area contributed by atoms with Crippen molar-refractivity contribution in [2.24, 2.45) is 0 Å². The SMILES string of the molecule is C=CCCCCC(C(C)=O)N(CC=C)C(=O)CNCC=C. The molecule has 0 aromatic carbocycles. The fourth-order valence-corrected chi connectivity index (χ4v) is 2.13. The minimum Gasteiger partial charge on any atom is -0.328 e. The third kappa shape index (κ3) is 8.25. The summed E-state index contributed by atoms with van der Waals surface area (Å²) in [5.74, 6) is -0.0619. The summed E-state index contributed by atoms with van der Waals surface area (Å²) in [5.41, 5.74) is 0. The minimum atomic E-state index is -0.370. The van der Waals surface area contributed by atoms with Crippen LogP contribution < -0.4 is 5.32 Å². The number of nitrogens with one attached hydrogen (secondary N) is 1. The predicted octanol–water partition coefficient (Wildman–Crippen LogP) is 2.48. The van der Waals surface area contributed by atoms with Crippen LogP contribution in [-0.2, 0) is 9.59 Å². The van der Waals surface area contributed by atoms with Gasteiger partial charge in [-0.15, -0.1) is 19.7 Å². The van der Waals surface area contributed by atoms with Crippen LogP contribution >= 0.6 is 0 Å². The molecule has 1 amide bonds. The highest BCUT2D eigenvalue weighted by Crippen LogP contribution is 2.12. The average Bonchev–Trinajstić information content (AvgIpc) is 2.45. The lowest BCUT2D eigenvalue weighted by Gasteiger charge is -2.29. The largest absolute Gasteiger partial charge is 0.328 e. The van der Waals surface area contributed by atoms with E-state index in [0.717, 1.165) is 19.3 Å². The summed E-state index contributed by atoms with van der Waals surface area (Å²) in [4.78, 5) is 25.7. The van der Waals surface area contributed by atoms with Crippen molar-refractivity contribution < 1.29 is 9.59 Å². The molecule has 1 N–H and O–H groups in total. The Morgan fingerprint density at radius 1 is 1.14 bits per heavy atom. The topological polar surface area (TPSA) is 49.4 Å². The van der Waals surface area contributed by atoms with Crippen LogP contribution in [0, 0.1) is 0 Å². The molecule has 118 valence electrons. The molecular formula is C17H28N2O2. The Bertz CT molecular complexity index is 364. The van der Waals surface area contributed by atoms with Gasteiger partial charge in [-0.25, -0.2) is 0 Å². The first-order valence-corrected chi connectivity index (χ1v) is 7.41. The first-order valence-electron chi connectivity index (χ1n) is 7.41. The highest BCUT2D eigenvalue weighted by molar-refractivity contribution is 5.88. The van der Waals surface area contributed by atoms with Crippen LogP contribution in [0.25, 0.3) is 0 Å². The van der Waals surface area contributed by atoms with Crippen molar-refractivity contribution in [3.05, 3.63) is 38.0 Å². The lowest BCUT2D eigenvalue weighted by molar-refractivity contribution is -0.137. The molecule has 0 heterocycles. The summed E-state index contributed by atoms with van der Waals surface area (Å²) in [6.07, 6.45) is 8.73.